The molecule has 0 bridgehead atoms. The summed E-state index contributed by atoms with van der Waals surface area (Å²) in [6.07, 6.45) is 10.2. The Morgan fingerprint density at radius 3 is 2.45 bits per heavy atom. The molecule has 0 unspecified atom stereocenters. The lowest BCUT2D eigenvalue weighted by molar-refractivity contribution is -0.122. The van der Waals surface area contributed by atoms with E-state index in [0.717, 1.165) is 9.47 Å². The Morgan fingerprint density at radius 2 is 1.71 bits per heavy atom. The van der Waals surface area contributed by atoms with Crippen molar-refractivity contribution in [1.82, 2.24) is 19.9 Å². The summed E-state index contributed by atoms with van der Waals surface area (Å²) in [5.74, 6) is -2.14. The van der Waals surface area contributed by atoms with Gasteiger partial charge in [-0.05, 0) is 78.7 Å². The van der Waals surface area contributed by atoms with Crippen LogP contribution in [-0.4, -0.2) is 51.8 Å². The van der Waals surface area contributed by atoms with Crippen molar-refractivity contribution in [2.75, 3.05) is 17.3 Å². The number of aromatic nitrogens is 3. The van der Waals surface area contributed by atoms with Gasteiger partial charge in [0.2, 0.25) is 5.91 Å². The second-order valence-corrected chi connectivity index (χ2v) is 10.5. The number of nitrogens with zero attached hydrogens (tertiary/aromatic N) is 4. The second kappa shape index (κ2) is 14.6. The molecule has 246 valence electrons. The highest BCUT2D eigenvalue weighted by Crippen LogP contribution is 2.25. The number of barbiturate groups is 1. The quantitative estimate of drug-likeness (QED) is 0.0796. The number of imide groups is 2. The zero-order valence-electron chi connectivity index (χ0n) is 26.5. The molecule has 1 aliphatic heterocycles. The van der Waals surface area contributed by atoms with Gasteiger partial charge in [-0.3, -0.25) is 29.5 Å². The third-order valence-electron chi connectivity index (χ3n) is 7.13. The first-order valence-corrected chi connectivity index (χ1v) is 14.7. The molecule has 1 aliphatic rings. The van der Waals surface area contributed by atoms with Crippen molar-refractivity contribution < 1.29 is 23.9 Å². The van der Waals surface area contributed by atoms with E-state index in [1.807, 2.05) is 0 Å². The molecule has 0 spiro atoms. The molecule has 5 rings (SSSR count). The van der Waals surface area contributed by atoms with Crippen LogP contribution in [0.25, 0.3) is 17.3 Å². The van der Waals surface area contributed by atoms with Gasteiger partial charge < -0.3 is 15.0 Å². The molecule has 1 saturated heterocycles. The van der Waals surface area contributed by atoms with E-state index < -0.39 is 29.1 Å². The topological polar surface area (TPSA) is 185 Å². The zero-order valence-corrected chi connectivity index (χ0v) is 26.5. The van der Waals surface area contributed by atoms with Crippen LogP contribution in [0, 0.1) is 6.92 Å². The number of hydrogen-bond acceptors (Lipinski definition) is 9. The number of allylic oxidation sites excluding steroid dienone is 4. The van der Waals surface area contributed by atoms with Crippen molar-refractivity contribution in [3.63, 3.8) is 0 Å². The first kappa shape index (κ1) is 33.4. The van der Waals surface area contributed by atoms with Crippen molar-refractivity contribution in [3.8, 4) is 5.69 Å². The van der Waals surface area contributed by atoms with Gasteiger partial charge in [0.05, 0.1) is 29.7 Å². The van der Waals surface area contributed by atoms with Crippen molar-refractivity contribution in [3.05, 3.63) is 135 Å². The van der Waals surface area contributed by atoms with Crippen molar-refractivity contribution in [2.45, 2.75) is 13.8 Å². The summed E-state index contributed by atoms with van der Waals surface area (Å²) < 4.78 is 5.84. The molecule has 2 aromatic heterocycles. The predicted molar refractivity (Wildman–Crippen MR) is 184 cm³/mol. The van der Waals surface area contributed by atoms with Crippen molar-refractivity contribution in [1.29, 1.82) is 0 Å². The zero-order chi connectivity index (χ0) is 35.1. The van der Waals surface area contributed by atoms with Gasteiger partial charge in [0, 0.05) is 30.7 Å². The Balaban J connectivity index is 1.55. The van der Waals surface area contributed by atoms with Gasteiger partial charge in [0.25, 0.3) is 17.4 Å². The molecule has 14 nitrogen and oxygen atoms in total. The molecule has 0 saturated carbocycles. The molecule has 0 aliphatic carbocycles. The number of aliphatic imine (C=N–C) groups is 1. The van der Waals surface area contributed by atoms with E-state index in [2.05, 4.69) is 25.6 Å². The minimum atomic E-state index is -0.953. The Kier molecular flexibility index (Phi) is 9.98. The Morgan fingerprint density at radius 1 is 0.980 bits per heavy atom. The summed E-state index contributed by atoms with van der Waals surface area (Å²) in [6.45, 7) is 2.90. The number of nitrogens with one attached hydrogen (secondary N) is 3. The number of carbonyl (C=O) groups is 4. The van der Waals surface area contributed by atoms with Crippen LogP contribution in [0.1, 0.15) is 23.7 Å². The van der Waals surface area contributed by atoms with Gasteiger partial charge in [-0.25, -0.2) is 24.0 Å². The Hall–Kier alpha value is -6.96. The summed E-state index contributed by atoms with van der Waals surface area (Å²) in [7, 11) is 1.44. The van der Waals surface area contributed by atoms with E-state index in [1.165, 1.54) is 50.8 Å². The summed E-state index contributed by atoms with van der Waals surface area (Å²) in [4.78, 5) is 88.9. The number of anilines is 2. The largest absolute Gasteiger partial charge is 0.486 e. The Labute approximate surface area is 278 Å². The highest BCUT2D eigenvalue weighted by atomic mass is 16.5. The van der Waals surface area contributed by atoms with Crippen molar-refractivity contribution in [2.24, 2.45) is 4.99 Å². The van der Waals surface area contributed by atoms with E-state index >= 15 is 0 Å². The number of aryl methyl sites for hydroxylation is 1. The molecule has 4 aromatic rings. The smallest absolute Gasteiger partial charge is 0.335 e. The molecule has 14 heteroatoms. The Bertz CT molecular complexity index is 2210. The van der Waals surface area contributed by atoms with Crippen LogP contribution in [0.15, 0.2) is 111 Å². The van der Waals surface area contributed by atoms with Gasteiger partial charge in [-0.15, -0.1) is 0 Å². The number of pyridine rings is 1. The number of benzene rings is 2. The molecular weight excluding hydrogens is 630 g/mol. The number of urea groups is 1. The van der Waals surface area contributed by atoms with E-state index in [0.29, 0.717) is 28.2 Å². The monoisotopic (exact) mass is 659 g/mol. The summed E-state index contributed by atoms with van der Waals surface area (Å²) in [6, 6.07) is 14.9. The number of carbonyl (C=O) groups excluding carboxylic acids is 4. The average Bonchev–Trinajstić information content (AvgIpc) is 3.06. The second-order valence-electron chi connectivity index (χ2n) is 10.5. The standard InChI is InChI=1S/C35H29N7O7/c1-21-29(32(45)41(34(47)38-21)27-8-4-6-25(18-27)37-20-49-3)12-10-23(24-14-16-36-17-15-24)11-13-30-31(44)40-35(48)42(33(30)46)28-9-5-7-26(19-28)39-22(2)43/h4-20H,1-3H3,(H,38,47)(H,39,43)(H,40,44,48). The summed E-state index contributed by atoms with van der Waals surface area (Å²) >= 11 is 0. The number of hydrogen-bond donors (Lipinski definition) is 3. The number of H-pyrrole nitrogens is 1. The van der Waals surface area contributed by atoms with Gasteiger partial charge in [-0.2, -0.15) is 0 Å². The molecule has 0 radical (unpaired) electrons. The third-order valence-corrected chi connectivity index (χ3v) is 7.13. The first-order chi connectivity index (χ1) is 23.6. The molecule has 49 heavy (non-hydrogen) atoms. The lowest BCUT2D eigenvalue weighted by Gasteiger charge is -2.26. The fourth-order valence-corrected chi connectivity index (χ4v) is 4.89. The number of ether oxygens (including phenoxy) is 1. The molecule has 1 fully saturated rings. The predicted octanol–water partition coefficient (Wildman–Crippen LogP) is 3.80. The number of rotatable bonds is 9. The van der Waals surface area contributed by atoms with Gasteiger partial charge >= 0.3 is 11.7 Å². The van der Waals surface area contributed by atoms with Crippen LogP contribution < -0.4 is 26.8 Å². The van der Waals surface area contributed by atoms with E-state index in [1.54, 1.807) is 73.9 Å². The molecule has 3 heterocycles. The maximum Gasteiger partial charge on any atom is 0.335 e. The minimum Gasteiger partial charge on any atom is -0.486 e. The normalized spacial score (nSPS) is 14.5. The van der Waals surface area contributed by atoms with Crippen molar-refractivity contribution >= 4 is 58.9 Å². The lowest BCUT2D eigenvalue weighted by Crippen LogP contribution is -2.54. The van der Waals surface area contributed by atoms with Crippen LogP contribution in [0.3, 0.4) is 0 Å². The van der Waals surface area contributed by atoms with Gasteiger partial charge in [0.1, 0.15) is 5.57 Å². The molecule has 5 amide bonds. The molecule has 2 aromatic carbocycles. The van der Waals surface area contributed by atoms with Crippen LogP contribution >= 0.6 is 0 Å². The molecule has 0 atom stereocenters. The van der Waals surface area contributed by atoms with Gasteiger partial charge in [-0.1, -0.05) is 24.3 Å². The molecular formula is C35H29N7O7. The summed E-state index contributed by atoms with van der Waals surface area (Å²) in [5.41, 5.74) is 1.18. The van der Waals surface area contributed by atoms with Crippen LogP contribution in [0.4, 0.5) is 21.9 Å². The first-order valence-electron chi connectivity index (χ1n) is 14.7. The lowest BCUT2D eigenvalue weighted by atomic mass is 10.0. The number of aromatic amines is 1. The third kappa shape index (κ3) is 7.55. The summed E-state index contributed by atoms with van der Waals surface area (Å²) in [5, 5.41) is 4.76. The van der Waals surface area contributed by atoms with E-state index in [4.69, 9.17) is 4.74 Å². The van der Waals surface area contributed by atoms with Crippen LogP contribution in [-0.2, 0) is 19.1 Å². The number of methoxy groups -OCH3 is 1. The number of amides is 5. The van der Waals surface area contributed by atoms with Crippen LogP contribution in [0.2, 0.25) is 0 Å². The highest BCUT2D eigenvalue weighted by Gasteiger charge is 2.36. The maximum absolute atomic E-state index is 13.7. The van der Waals surface area contributed by atoms with Gasteiger partial charge in [0.15, 0.2) is 6.40 Å². The minimum absolute atomic E-state index is 0.131. The fraction of sp³-hybridized carbons (Fsp3) is 0.0857. The van der Waals surface area contributed by atoms with E-state index in [-0.39, 0.29) is 28.4 Å². The SMILES string of the molecule is COC=Nc1cccc(-n2c(=O)[nH]c(C)c(C=CC(=CC=C3C(=O)NC(=O)N(c4cccc(NC(C)=O)c4)C3=O)c3ccncc3)c2=O)c1. The highest BCUT2D eigenvalue weighted by molar-refractivity contribution is 6.37. The van der Waals surface area contributed by atoms with E-state index in [9.17, 15) is 28.8 Å². The maximum atomic E-state index is 13.7. The van der Waals surface area contributed by atoms with Crippen LogP contribution in [0.5, 0.6) is 0 Å². The molecule has 3 N–H and O–H groups in total. The average molecular weight is 660 g/mol. The fourth-order valence-electron chi connectivity index (χ4n) is 4.89.